The molecule has 2 aromatic rings. The van der Waals surface area contributed by atoms with Gasteiger partial charge in [0.15, 0.2) is 5.82 Å². The number of benzene rings is 1. The Kier molecular flexibility index (Phi) is 6.40. The molecule has 0 aliphatic heterocycles. The molecule has 1 fully saturated rings. The van der Waals surface area contributed by atoms with Crippen LogP contribution in [0.25, 0.3) is 11.4 Å². The van der Waals surface area contributed by atoms with Crippen molar-refractivity contribution < 1.29 is 9.59 Å². The van der Waals surface area contributed by atoms with Crippen LogP contribution in [0.1, 0.15) is 42.5 Å². The average Bonchev–Trinajstić information content (AvgIpc) is 2.73. The maximum absolute atomic E-state index is 12.5. The SMILES string of the molecule is O=C(CCl)NC1(CNC(=O)c2cnc(-c3ccccc3)nc2)CCCCC1. The average molecular weight is 387 g/mol. The standard InChI is InChI=1S/C20H23ClN4O2/c21-11-17(26)25-20(9-5-2-6-10-20)14-24-19(27)16-12-22-18(23-13-16)15-7-3-1-4-8-15/h1,3-4,7-8,12-13H,2,5-6,9-11,14H2,(H,24,27)(H,25,26). The molecule has 0 bridgehead atoms. The van der Waals surface area contributed by atoms with Crippen LogP contribution in [0.2, 0.25) is 0 Å². The zero-order valence-corrected chi connectivity index (χ0v) is 15.8. The number of rotatable bonds is 6. The molecule has 6 nitrogen and oxygen atoms in total. The first-order valence-electron chi connectivity index (χ1n) is 9.14. The van der Waals surface area contributed by atoms with Crippen molar-refractivity contribution in [3.8, 4) is 11.4 Å². The number of nitrogens with zero attached hydrogens (tertiary/aromatic N) is 2. The molecule has 1 aliphatic carbocycles. The van der Waals surface area contributed by atoms with Crippen LogP contribution in [0.3, 0.4) is 0 Å². The molecule has 1 saturated carbocycles. The molecular formula is C20H23ClN4O2. The molecule has 1 aliphatic rings. The number of carbonyl (C=O) groups excluding carboxylic acids is 2. The Bertz CT molecular complexity index is 774. The first-order valence-corrected chi connectivity index (χ1v) is 9.68. The van der Waals surface area contributed by atoms with Gasteiger partial charge in [-0.15, -0.1) is 11.6 Å². The summed E-state index contributed by atoms with van der Waals surface area (Å²) in [5, 5.41) is 5.92. The second-order valence-corrected chi connectivity index (χ2v) is 7.13. The van der Waals surface area contributed by atoms with Crippen LogP contribution in [0.4, 0.5) is 0 Å². The van der Waals surface area contributed by atoms with Crippen molar-refractivity contribution >= 4 is 23.4 Å². The van der Waals surface area contributed by atoms with E-state index < -0.39 is 5.54 Å². The monoisotopic (exact) mass is 386 g/mol. The van der Waals surface area contributed by atoms with Crippen molar-refractivity contribution in [2.75, 3.05) is 12.4 Å². The summed E-state index contributed by atoms with van der Waals surface area (Å²) in [5.74, 6) is 0.0399. The van der Waals surface area contributed by atoms with Crippen molar-refractivity contribution in [1.82, 2.24) is 20.6 Å². The molecule has 0 saturated heterocycles. The highest BCUT2D eigenvalue weighted by atomic mass is 35.5. The van der Waals surface area contributed by atoms with Gasteiger partial charge in [0.2, 0.25) is 5.91 Å². The fourth-order valence-corrected chi connectivity index (χ4v) is 3.50. The van der Waals surface area contributed by atoms with Crippen molar-refractivity contribution in [2.45, 2.75) is 37.6 Å². The third-order valence-electron chi connectivity index (χ3n) is 4.87. The van der Waals surface area contributed by atoms with E-state index in [0.29, 0.717) is 17.9 Å². The normalized spacial score (nSPS) is 15.7. The number of aromatic nitrogens is 2. The third kappa shape index (κ3) is 5.04. The molecule has 0 spiro atoms. The molecule has 1 aromatic carbocycles. The number of nitrogens with one attached hydrogen (secondary N) is 2. The number of alkyl halides is 1. The topological polar surface area (TPSA) is 84.0 Å². The number of halogens is 1. The second kappa shape index (κ2) is 8.95. The highest BCUT2D eigenvalue weighted by Gasteiger charge is 2.33. The van der Waals surface area contributed by atoms with Gasteiger partial charge in [-0.1, -0.05) is 49.6 Å². The van der Waals surface area contributed by atoms with E-state index in [0.717, 1.165) is 37.7 Å². The lowest BCUT2D eigenvalue weighted by Gasteiger charge is -2.38. The zero-order valence-electron chi connectivity index (χ0n) is 15.1. The van der Waals surface area contributed by atoms with E-state index in [-0.39, 0.29) is 17.7 Å². The summed E-state index contributed by atoms with van der Waals surface area (Å²) < 4.78 is 0. The molecule has 1 aromatic heterocycles. The minimum absolute atomic E-state index is 0.0789. The molecule has 1 heterocycles. The molecule has 0 unspecified atom stereocenters. The molecule has 142 valence electrons. The maximum atomic E-state index is 12.5. The molecule has 2 N–H and O–H groups in total. The summed E-state index contributed by atoms with van der Waals surface area (Å²) >= 11 is 5.64. The van der Waals surface area contributed by atoms with Gasteiger partial charge in [0.25, 0.3) is 5.91 Å². The van der Waals surface area contributed by atoms with E-state index in [1.807, 2.05) is 30.3 Å². The van der Waals surface area contributed by atoms with E-state index in [4.69, 9.17) is 11.6 Å². The van der Waals surface area contributed by atoms with Gasteiger partial charge >= 0.3 is 0 Å². The lowest BCUT2D eigenvalue weighted by Crippen LogP contribution is -2.57. The first-order chi connectivity index (χ1) is 13.1. The molecule has 0 radical (unpaired) electrons. The van der Waals surface area contributed by atoms with Crippen LogP contribution in [-0.2, 0) is 4.79 Å². The largest absolute Gasteiger partial charge is 0.350 e. The van der Waals surface area contributed by atoms with Crippen LogP contribution in [-0.4, -0.2) is 39.7 Å². The van der Waals surface area contributed by atoms with Gasteiger partial charge in [-0.05, 0) is 12.8 Å². The summed E-state index contributed by atoms with van der Waals surface area (Å²) in [5.41, 5.74) is 0.865. The predicted molar refractivity (Wildman–Crippen MR) is 104 cm³/mol. The molecule has 27 heavy (non-hydrogen) atoms. The number of hydrogen-bond donors (Lipinski definition) is 2. The van der Waals surface area contributed by atoms with Crippen LogP contribution >= 0.6 is 11.6 Å². The highest BCUT2D eigenvalue weighted by molar-refractivity contribution is 6.27. The molecule has 3 rings (SSSR count). The van der Waals surface area contributed by atoms with E-state index in [9.17, 15) is 9.59 Å². The Morgan fingerprint density at radius 2 is 1.70 bits per heavy atom. The number of amides is 2. The van der Waals surface area contributed by atoms with Crippen molar-refractivity contribution in [3.05, 3.63) is 48.3 Å². The minimum Gasteiger partial charge on any atom is -0.350 e. The molecular weight excluding hydrogens is 364 g/mol. The Morgan fingerprint density at radius 1 is 1.04 bits per heavy atom. The van der Waals surface area contributed by atoms with Gasteiger partial charge in [0.05, 0.1) is 11.1 Å². The van der Waals surface area contributed by atoms with Gasteiger partial charge in [0.1, 0.15) is 5.88 Å². The van der Waals surface area contributed by atoms with E-state index in [1.54, 1.807) is 0 Å². The summed E-state index contributed by atoms with van der Waals surface area (Å²) in [4.78, 5) is 32.9. The number of carbonyl (C=O) groups is 2. The van der Waals surface area contributed by atoms with Gasteiger partial charge in [-0.25, -0.2) is 9.97 Å². The van der Waals surface area contributed by atoms with E-state index in [2.05, 4.69) is 20.6 Å². The van der Waals surface area contributed by atoms with Crippen LogP contribution < -0.4 is 10.6 Å². The first kappa shape index (κ1) is 19.3. The van der Waals surface area contributed by atoms with Crippen LogP contribution in [0.5, 0.6) is 0 Å². The Balaban J connectivity index is 1.64. The van der Waals surface area contributed by atoms with Crippen LogP contribution in [0.15, 0.2) is 42.7 Å². The number of hydrogen-bond acceptors (Lipinski definition) is 4. The van der Waals surface area contributed by atoms with E-state index in [1.165, 1.54) is 12.4 Å². The Hall–Kier alpha value is -2.47. The third-order valence-corrected chi connectivity index (χ3v) is 5.11. The predicted octanol–water partition coefficient (Wildman–Crippen LogP) is 2.93. The Labute approximate surface area is 163 Å². The fourth-order valence-electron chi connectivity index (χ4n) is 3.44. The van der Waals surface area contributed by atoms with Crippen molar-refractivity contribution in [2.24, 2.45) is 0 Å². The van der Waals surface area contributed by atoms with Gasteiger partial charge in [-0.2, -0.15) is 0 Å². The lowest BCUT2D eigenvalue weighted by molar-refractivity contribution is -0.121. The smallest absolute Gasteiger partial charge is 0.254 e. The van der Waals surface area contributed by atoms with Gasteiger partial charge in [-0.3, -0.25) is 9.59 Å². The van der Waals surface area contributed by atoms with E-state index >= 15 is 0 Å². The summed E-state index contributed by atoms with van der Waals surface area (Å²) in [6.07, 6.45) is 7.89. The quantitative estimate of drug-likeness (QED) is 0.747. The van der Waals surface area contributed by atoms with Crippen LogP contribution in [0, 0.1) is 0 Å². The highest BCUT2D eigenvalue weighted by Crippen LogP contribution is 2.28. The van der Waals surface area contributed by atoms with Gasteiger partial charge in [0, 0.05) is 24.5 Å². The van der Waals surface area contributed by atoms with Gasteiger partial charge < -0.3 is 10.6 Å². The molecule has 7 heteroatoms. The Morgan fingerprint density at radius 3 is 2.33 bits per heavy atom. The molecule has 2 amide bonds. The molecule has 0 atom stereocenters. The zero-order chi connectivity index (χ0) is 19.1. The summed E-state index contributed by atoms with van der Waals surface area (Å²) in [6.45, 7) is 0.370. The summed E-state index contributed by atoms with van der Waals surface area (Å²) in [7, 11) is 0. The lowest BCUT2D eigenvalue weighted by atomic mass is 9.81. The van der Waals surface area contributed by atoms with Crippen molar-refractivity contribution in [1.29, 1.82) is 0 Å². The second-order valence-electron chi connectivity index (χ2n) is 6.87. The minimum atomic E-state index is -0.426. The van der Waals surface area contributed by atoms with Crippen molar-refractivity contribution in [3.63, 3.8) is 0 Å². The maximum Gasteiger partial charge on any atom is 0.254 e. The fraction of sp³-hybridized carbons (Fsp3) is 0.400. The summed E-state index contributed by atoms with van der Waals surface area (Å²) in [6, 6.07) is 9.59.